The van der Waals surface area contributed by atoms with Crippen molar-refractivity contribution in [1.29, 1.82) is 0 Å². The largest absolute Gasteiger partial charge is 0.256 e. The Kier molecular flexibility index (Phi) is 4.35. The van der Waals surface area contributed by atoms with E-state index < -0.39 is 0 Å². The molecule has 8 aliphatic carbocycles. The zero-order valence-electron chi connectivity index (χ0n) is 20.0. The molecule has 8 saturated carbocycles. The summed E-state index contributed by atoms with van der Waals surface area (Å²) in [5.74, 6) is 6.23. The van der Waals surface area contributed by atoms with Gasteiger partial charge in [0.05, 0.1) is 5.69 Å². The van der Waals surface area contributed by atoms with Gasteiger partial charge in [0.25, 0.3) is 0 Å². The van der Waals surface area contributed by atoms with Crippen molar-refractivity contribution in [3.63, 3.8) is 0 Å². The van der Waals surface area contributed by atoms with Crippen molar-refractivity contribution < 1.29 is 0 Å². The fourth-order valence-electron chi connectivity index (χ4n) is 11.1. The lowest BCUT2D eigenvalue weighted by atomic mass is 9.55. The average Bonchev–Trinajstić information content (AvgIpc) is 2.78. The molecule has 0 aliphatic heterocycles. The molecule has 8 bridgehead atoms. The van der Waals surface area contributed by atoms with Gasteiger partial charge in [0.1, 0.15) is 0 Å². The van der Waals surface area contributed by atoms with E-state index in [1.165, 1.54) is 11.3 Å². The van der Waals surface area contributed by atoms with E-state index in [2.05, 4.69) is 42.5 Å². The fraction of sp³-hybridized carbons (Fsp3) is 0.645. The first-order valence-corrected chi connectivity index (χ1v) is 15.3. The van der Waals surface area contributed by atoms with Crippen molar-refractivity contribution in [3.8, 4) is 11.3 Å². The molecule has 10 rings (SSSR count). The molecule has 1 aromatic heterocycles. The van der Waals surface area contributed by atoms with Crippen LogP contribution in [-0.2, 0) is 0 Å². The van der Waals surface area contributed by atoms with Crippen molar-refractivity contribution in [1.82, 2.24) is 4.98 Å². The molecule has 1 nitrogen and oxygen atoms in total. The second-order valence-electron chi connectivity index (χ2n) is 13.4. The highest BCUT2D eigenvalue weighted by Gasteiger charge is 2.63. The molecule has 8 aliphatic rings. The fourth-order valence-corrected chi connectivity index (χ4v) is 16.4. The minimum atomic E-state index is -0.188. The molecular formula is C31H38NP. The summed E-state index contributed by atoms with van der Waals surface area (Å²) in [4.78, 5) is 4.90. The molecular weight excluding hydrogens is 417 g/mol. The highest BCUT2D eigenvalue weighted by molar-refractivity contribution is 7.69. The van der Waals surface area contributed by atoms with Crippen molar-refractivity contribution >= 4 is 13.2 Å². The maximum Gasteiger partial charge on any atom is 0.0708 e. The van der Waals surface area contributed by atoms with E-state index in [1.54, 1.807) is 82.4 Å². The predicted molar refractivity (Wildman–Crippen MR) is 138 cm³/mol. The van der Waals surface area contributed by atoms with E-state index in [4.69, 9.17) is 4.98 Å². The van der Waals surface area contributed by atoms with Gasteiger partial charge >= 0.3 is 0 Å². The second kappa shape index (κ2) is 7.16. The van der Waals surface area contributed by atoms with Crippen LogP contribution in [0.1, 0.15) is 77.0 Å². The maximum atomic E-state index is 4.90. The summed E-state index contributed by atoms with van der Waals surface area (Å²) >= 11 is 0. The summed E-state index contributed by atoms with van der Waals surface area (Å²) < 4.78 is 0. The van der Waals surface area contributed by atoms with Crippen LogP contribution < -0.4 is 5.30 Å². The van der Waals surface area contributed by atoms with Crippen LogP contribution in [0.4, 0.5) is 0 Å². The van der Waals surface area contributed by atoms with Gasteiger partial charge < -0.3 is 0 Å². The number of aromatic nitrogens is 1. The monoisotopic (exact) mass is 455 g/mol. The summed E-state index contributed by atoms with van der Waals surface area (Å²) in [6.45, 7) is 0. The molecule has 0 N–H and O–H groups in total. The molecule has 0 unspecified atom stereocenters. The van der Waals surface area contributed by atoms with Crippen molar-refractivity contribution in [2.24, 2.45) is 35.5 Å². The topological polar surface area (TPSA) is 12.9 Å². The Labute approximate surface area is 200 Å². The van der Waals surface area contributed by atoms with Crippen LogP contribution in [0, 0.1) is 35.5 Å². The Morgan fingerprint density at radius 1 is 0.576 bits per heavy atom. The molecule has 0 amide bonds. The number of benzene rings is 1. The van der Waals surface area contributed by atoms with Crippen molar-refractivity contribution in [2.75, 3.05) is 0 Å². The minimum Gasteiger partial charge on any atom is -0.256 e. The van der Waals surface area contributed by atoms with Crippen LogP contribution in [-0.4, -0.2) is 15.3 Å². The van der Waals surface area contributed by atoms with Crippen molar-refractivity contribution in [3.05, 3.63) is 48.7 Å². The third-order valence-electron chi connectivity index (χ3n) is 11.0. The first kappa shape index (κ1) is 20.0. The molecule has 0 saturated heterocycles. The zero-order chi connectivity index (χ0) is 21.6. The van der Waals surface area contributed by atoms with E-state index in [0.29, 0.717) is 10.3 Å². The van der Waals surface area contributed by atoms with Gasteiger partial charge in [-0.2, -0.15) is 0 Å². The average molecular weight is 456 g/mol. The molecule has 33 heavy (non-hydrogen) atoms. The lowest BCUT2D eigenvalue weighted by molar-refractivity contribution is 0.0195. The van der Waals surface area contributed by atoms with E-state index in [1.807, 2.05) is 6.20 Å². The number of hydrogen-bond acceptors (Lipinski definition) is 1. The first-order chi connectivity index (χ1) is 16.2. The van der Waals surface area contributed by atoms with Gasteiger partial charge in [0.15, 0.2) is 0 Å². The number of nitrogens with zero attached hydrogens (tertiary/aromatic N) is 1. The third-order valence-corrected chi connectivity index (χ3v) is 14.9. The van der Waals surface area contributed by atoms with Crippen LogP contribution in [0.25, 0.3) is 11.3 Å². The Hall–Kier alpha value is -1.20. The molecule has 0 spiro atoms. The highest BCUT2D eigenvalue weighted by atomic mass is 31.1. The summed E-state index contributed by atoms with van der Waals surface area (Å²) in [5.41, 5.74) is 2.70. The minimum absolute atomic E-state index is 0.188. The lowest BCUT2D eigenvalue weighted by Crippen LogP contribution is -2.58. The van der Waals surface area contributed by atoms with Gasteiger partial charge in [-0.25, -0.2) is 0 Å². The van der Waals surface area contributed by atoms with Gasteiger partial charge in [-0.3, -0.25) is 4.98 Å². The van der Waals surface area contributed by atoms with Gasteiger partial charge in [-0.05, 0) is 140 Å². The van der Waals surface area contributed by atoms with Gasteiger partial charge in [-0.1, -0.05) is 38.3 Å². The summed E-state index contributed by atoms with van der Waals surface area (Å²) in [6, 6.07) is 16.2. The predicted octanol–water partition coefficient (Wildman–Crippen LogP) is 7.79. The quantitative estimate of drug-likeness (QED) is 0.429. The molecule has 8 fully saturated rings. The van der Waals surface area contributed by atoms with Crippen LogP contribution in [0.3, 0.4) is 0 Å². The van der Waals surface area contributed by atoms with Gasteiger partial charge in [0.2, 0.25) is 0 Å². The lowest BCUT2D eigenvalue weighted by Gasteiger charge is -2.67. The smallest absolute Gasteiger partial charge is 0.0708 e. The highest BCUT2D eigenvalue weighted by Crippen LogP contribution is 2.78. The number of rotatable bonds is 4. The van der Waals surface area contributed by atoms with Crippen LogP contribution in [0.15, 0.2) is 48.7 Å². The normalized spacial score (nSPS) is 45.5. The van der Waals surface area contributed by atoms with E-state index in [0.717, 1.165) is 35.5 Å². The SMILES string of the molecule is c1ccc(-c2ccccc2P(C23CC4CC(CC(C4)C2)C3)C23CC4CC(CC(C4)C2)C3)nc1. The van der Waals surface area contributed by atoms with Crippen LogP contribution >= 0.6 is 7.92 Å². The van der Waals surface area contributed by atoms with E-state index in [9.17, 15) is 0 Å². The molecule has 172 valence electrons. The molecule has 1 aromatic carbocycles. The van der Waals surface area contributed by atoms with Crippen LogP contribution in [0.2, 0.25) is 0 Å². The summed E-state index contributed by atoms with van der Waals surface area (Å²) in [7, 11) is -0.188. The van der Waals surface area contributed by atoms with Crippen molar-refractivity contribution in [2.45, 2.75) is 87.4 Å². The van der Waals surface area contributed by atoms with Gasteiger partial charge in [-0.15, -0.1) is 0 Å². The molecule has 0 atom stereocenters. The third kappa shape index (κ3) is 3.03. The molecule has 2 heteroatoms. The first-order valence-electron chi connectivity index (χ1n) is 14.0. The Morgan fingerprint density at radius 3 is 1.48 bits per heavy atom. The van der Waals surface area contributed by atoms with Crippen LogP contribution in [0.5, 0.6) is 0 Å². The number of pyridine rings is 1. The van der Waals surface area contributed by atoms with Gasteiger partial charge in [0, 0.05) is 11.8 Å². The summed E-state index contributed by atoms with van der Waals surface area (Å²) in [5, 5.41) is 3.01. The molecule has 1 heterocycles. The molecule has 0 radical (unpaired) electrons. The Bertz CT molecular complexity index is 943. The zero-order valence-corrected chi connectivity index (χ0v) is 20.9. The Morgan fingerprint density at radius 2 is 1.03 bits per heavy atom. The maximum absolute atomic E-state index is 4.90. The standard InChI is InChI=1S/C31H38NP/c1-2-7-29(27(5-1)28-6-3-4-8-32-28)33(30-15-21-9-22(16-30)11-23(10-21)17-30)31-18-24-12-25(19-31)14-26(13-24)20-31/h1-8,21-26H,9-20H2. The van der Waals surface area contributed by atoms with E-state index >= 15 is 0 Å². The van der Waals surface area contributed by atoms with E-state index in [-0.39, 0.29) is 7.92 Å². The molecule has 2 aromatic rings. The Balaban J connectivity index is 1.33. The second-order valence-corrected chi connectivity index (χ2v) is 16.4. The number of hydrogen-bond donors (Lipinski definition) is 0. The summed E-state index contributed by atoms with van der Waals surface area (Å²) in [6.07, 6.45) is 20.7.